The molecule has 104 valence electrons. The second-order valence-corrected chi connectivity index (χ2v) is 5.59. The highest BCUT2D eigenvalue weighted by Gasteiger charge is 2.35. The van der Waals surface area contributed by atoms with Crippen molar-refractivity contribution in [2.45, 2.75) is 18.9 Å². The molecular formula is C14H16N4OS. The Labute approximate surface area is 122 Å². The first-order chi connectivity index (χ1) is 9.72. The summed E-state index contributed by atoms with van der Waals surface area (Å²) in [4.78, 5) is 15.7. The van der Waals surface area contributed by atoms with Crippen molar-refractivity contribution in [2.24, 2.45) is 11.8 Å². The van der Waals surface area contributed by atoms with Crippen LogP contribution in [0.1, 0.15) is 23.2 Å². The maximum absolute atomic E-state index is 11.8. The minimum atomic E-state index is -0.255. The van der Waals surface area contributed by atoms with E-state index in [9.17, 15) is 4.79 Å². The van der Waals surface area contributed by atoms with Crippen LogP contribution in [0.4, 0.5) is 0 Å². The Kier molecular flexibility index (Phi) is 3.64. The van der Waals surface area contributed by atoms with E-state index in [2.05, 4.69) is 33.3 Å². The first kappa shape index (κ1) is 13.1. The number of rotatable bonds is 2. The molecule has 0 aliphatic heterocycles. The highest BCUT2D eigenvalue weighted by atomic mass is 32.1. The van der Waals surface area contributed by atoms with Crippen LogP contribution in [-0.2, 0) is 0 Å². The predicted octanol–water partition coefficient (Wildman–Crippen LogP) is 1.16. The average Bonchev–Trinajstić information content (AvgIpc) is 3.08. The van der Waals surface area contributed by atoms with Gasteiger partial charge in [0.15, 0.2) is 5.11 Å². The number of aromatic nitrogens is 1. The zero-order valence-corrected chi connectivity index (χ0v) is 11.7. The lowest BCUT2D eigenvalue weighted by atomic mass is 10.0. The topological polar surface area (TPSA) is 66.1 Å². The number of hydrazine groups is 1. The van der Waals surface area contributed by atoms with Crippen LogP contribution in [0, 0.1) is 11.8 Å². The van der Waals surface area contributed by atoms with Crippen LogP contribution < -0.4 is 16.2 Å². The molecule has 1 heterocycles. The van der Waals surface area contributed by atoms with Crippen LogP contribution in [0.15, 0.2) is 36.7 Å². The normalized spacial score (nSPS) is 26.3. The summed E-state index contributed by atoms with van der Waals surface area (Å²) in [6, 6.07) is 3.79. The Hall–Kier alpha value is -1.95. The standard InChI is InChI=1S/C14H16N4OS/c19-13(11-2-1-5-15-8-11)17-18-14(20)16-12-7-9-3-4-10(12)6-9/h1-5,8-10,12H,6-7H2,(H,17,19)(H2,16,18,20)/t9-,10-,12+/m1/s1. The van der Waals surface area contributed by atoms with Gasteiger partial charge in [0.05, 0.1) is 5.56 Å². The van der Waals surface area contributed by atoms with Crippen molar-refractivity contribution in [2.75, 3.05) is 0 Å². The van der Waals surface area contributed by atoms with Gasteiger partial charge in [0, 0.05) is 18.4 Å². The highest BCUT2D eigenvalue weighted by molar-refractivity contribution is 7.80. The van der Waals surface area contributed by atoms with Gasteiger partial charge >= 0.3 is 0 Å². The number of amides is 1. The summed E-state index contributed by atoms with van der Waals surface area (Å²) in [6.07, 6.45) is 9.99. The van der Waals surface area contributed by atoms with Crippen molar-refractivity contribution in [1.82, 2.24) is 21.2 Å². The van der Waals surface area contributed by atoms with E-state index < -0.39 is 0 Å². The van der Waals surface area contributed by atoms with Crippen LogP contribution in [0.3, 0.4) is 0 Å². The van der Waals surface area contributed by atoms with Crippen LogP contribution >= 0.6 is 12.2 Å². The maximum atomic E-state index is 11.8. The molecule has 1 amide bonds. The lowest BCUT2D eigenvalue weighted by Gasteiger charge is -2.21. The minimum Gasteiger partial charge on any atom is -0.358 e. The molecule has 6 heteroatoms. The van der Waals surface area contributed by atoms with Crippen molar-refractivity contribution in [3.63, 3.8) is 0 Å². The Morgan fingerprint density at radius 1 is 1.30 bits per heavy atom. The molecule has 3 N–H and O–H groups in total. The summed E-state index contributed by atoms with van der Waals surface area (Å²) in [6.45, 7) is 0. The van der Waals surface area contributed by atoms with Gasteiger partial charge in [-0.3, -0.25) is 20.6 Å². The van der Waals surface area contributed by atoms with Gasteiger partial charge in [-0.2, -0.15) is 0 Å². The molecule has 3 atom stereocenters. The second kappa shape index (κ2) is 5.58. The molecule has 2 aliphatic rings. The van der Waals surface area contributed by atoms with Crippen LogP contribution in [0.5, 0.6) is 0 Å². The van der Waals surface area contributed by atoms with Crippen LogP contribution in [0.25, 0.3) is 0 Å². The van der Waals surface area contributed by atoms with Crippen molar-refractivity contribution < 1.29 is 4.79 Å². The van der Waals surface area contributed by atoms with E-state index in [1.165, 1.54) is 12.6 Å². The molecular weight excluding hydrogens is 272 g/mol. The largest absolute Gasteiger partial charge is 0.358 e. The second-order valence-electron chi connectivity index (χ2n) is 5.18. The van der Waals surface area contributed by atoms with Gasteiger partial charge in [-0.1, -0.05) is 12.2 Å². The molecule has 3 rings (SSSR count). The molecule has 1 saturated carbocycles. The van der Waals surface area contributed by atoms with E-state index in [4.69, 9.17) is 12.2 Å². The molecule has 2 aliphatic carbocycles. The Balaban J connectivity index is 1.46. The SMILES string of the molecule is O=C(NNC(=S)N[C@H]1C[C@@H]2C=C[C@@H]1C2)c1cccnc1. The molecule has 0 spiro atoms. The molecule has 0 unspecified atom stereocenters. The van der Waals surface area contributed by atoms with Gasteiger partial charge in [-0.15, -0.1) is 0 Å². The minimum absolute atomic E-state index is 0.255. The van der Waals surface area contributed by atoms with E-state index in [0.29, 0.717) is 28.6 Å². The first-order valence-electron chi connectivity index (χ1n) is 6.67. The Morgan fingerprint density at radius 2 is 2.20 bits per heavy atom. The fourth-order valence-electron chi connectivity index (χ4n) is 2.83. The van der Waals surface area contributed by atoms with Crippen molar-refractivity contribution in [3.05, 3.63) is 42.2 Å². The van der Waals surface area contributed by atoms with Gasteiger partial charge in [-0.25, -0.2) is 0 Å². The molecule has 5 nitrogen and oxygen atoms in total. The lowest BCUT2D eigenvalue weighted by molar-refractivity contribution is 0.0943. The van der Waals surface area contributed by atoms with E-state index in [0.717, 1.165) is 6.42 Å². The molecule has 2 bridgehead atoms. The molecule has 1 aromatic rings. The maximum Gasteiger partial charge on any atom is 0.271 e. The van der Waals surface area contributed by atoms with Crippen LogP contribution in [-0.4, -0.2) is 22.0 Å². The summed E-state index contributed by atoms with van der Waals surface area (Å²) in [5, 5.41) is 3.71. The predicted molar refractivity (Wildman–Crippen MR) is 79.7 cm³/mol. The fraction of sp³-hybridized carbons (Fsp3) is 0.357. The number of carbonyl (C=O) groups excluding carboxylic acids is 1. The number of thiocarbonyl (C=S) groups is 1. The third-order valence-electron chi connectivity index (χ3n) is 3.81. The van der Waals surface area contributed by atoms with Crippen LogP contribution in [0.2, 0.25) is 0 Å². The quantitative estimate of drug-likeness (QED) is 0.433. The number of hydrogen-bond donors (Lipinski definition) is 3. The van der Waals surface area contributed by atoms with Gasteiger partial charge in [0.25, 0.3) is 5.91 Å². The monoisotopic (exact) mass is 288 g/mol. The lowest BCUT2D eigenvalue weighted by Crippen LogP contribution is -2.50. The van der Waals surface area contributed by atoms with E-state index >= 15 is 0 Å². The first-order valence-corrected chi connectivity index (χ1v) is 7.08. The van der Waals surface area contributed by atoms with Gasteiger partial charge in [-0.05, 0) is 49.0 Å². The number of nitrogens with one attached hydrogen (secondary N) is 3. The van der Waals surface area contributed by atoms with E-state index in [-0.39, 0.29) is 5.91 Å². The Morgan fingerprint density at radius 3 is 2.85 bits per heavy atom. The van der Waals surface area contributed by atoms with Gasteiger partial charge in [0.2, 0.25) is 0 Å². The molecule has 0 aromatic carbocycles. The number of fused-ring (bicyclic) bond motifs is 2. The fourth-order valence-corrected chi connectivity index (χ4v) is 3.04. The zero-order chi connectivity index (χ0) is 13.9. The van der Waals surface area contributed by atoms with Crippen molar-refractivity contribution in [1.29, 1.82) is 0 Å². The third kappa shape index (κ3) is 2.80. The summed E-state index contributed by atoms with van der Waals surface area (Å²) >= 11 is 5.20. The molecule has 0 saturated heterocycles. The third-order valence-corrected chi connectivity index (χ3v) is 4.03. The smallest absolute Gasteiger partial charge is 0.271 e. The number of pyridine rings is 1. The number of nitrogens with zero attached hydrogens (tertiary/aromatic N) is 1. The summed E-state index contributed by atoms with van der Waals surface area (Å²) in [5.41, 5.74) is 5.79. The molecule has 0 radical (unpaired) electrons. The number of hydrogen-bond acceptors (Lipinski definition) is 3. The van der Waals surface area contributed by atoms with Crippen molar-refractivity contribution >= 4 is 23.2 Å². The summed E-state index contributed by atoms with van der Waals surface area (Å²) in [7, 11) is 0. The molecule has 20 heavy (non-hydrogen) atoms. The summed E-state index contributed by atoms with van der Waals surface area (Å²) < 4.78 is 0. The molecule has 1 fully saturated rings. The van der Waals surface area contributed by atoms with Gasteiger partial charge < -0.3 is 5.32 Å². The van der Waals surface area contributed by atoms with E-state index in [1.54, 1.807) is 18.3 Å². The average molecular weight is 288 g/mol. The Bertz CT molecular complexity index is 545. The number of allylic oxidation sites excluding steroid dienone is 1. The molecule has 1 aromatic heterocycles. The summed E-state index contributed by atoms with van der Waals surface area (Å²) in [5.74, 6) is 0.995. The number of carbonyl (C=O) groups is 1. The van der Waals surface area contributed by atoms with E-state index in [1.807, 2.05) is 0 Å². The zero-order valence-electron chi connectivity index (χ0n) is 10.9. The van der Waals surface area contributed by atoms with Crippen molar-refractivity contribution in [3.8, 4) is 0 Å². The highest BCUT2D eigenvalue weighted by Crippen LogP contribution is 2.38. The van der Waals surface area contributed by atoms with Gasteiger partial charge in [0.1, 0.15) is 0 Å².